The van der Waals surface area contributed by atoms with Crippen molar-refractivity contribution in [1.29, 1.82) is 0 Å². The van der Waals surface area contributed by atoms with Gasteiger partial charge < -0.3 is 11.1 Å². The number of nitrogens with one attached hydrogen (secondary N) is 1. The number of nitrogens with two attached hydrogens (primary N) is 1. The Bertz CT molecular complexity index is 478. The van der Waals surface area contributed by atoms with Gasteiger partial charge in [0.15, 0.2) is 5.54 Å². The third-order valence-corrected chi connectivity index (χ3v) is 3.22. The van der Waals surface area contributed by atoms with Gasteiger partial charge in [0.2, 0.25) is 5.91 Å². The van der Waals surface area contributed by atoms with Gasteiger partial charge in [-0.05, 0) is 17.7 Å². The third-order valence-electron chi connectivity index (χ3n) is 3.22. The van der Waals surface area contributed by atoms with Gasteiger partial charge in [0, 0.05) is 18.5 Å². The number of alkyl halides is 3. The van der Waals surface area contributed by atoms with E-state index in [2.05, 4.69) is 5.32 Å². The summed E-state index contributed by atoms with van der Waals surface area (Å²) in [4.78, 5) is 11.3. The van der Waals surface area contributed by atoms with Crippen LogP contribution in [0.15, 0.2) is 24.3 Å². The molecule has 1 saturated heterocycles. The zero-order valence-corrected chi connectivity index (χ0v) is 9.55. The van der Waals surface area contributed by atoms with Crippen LogP contribution in [0.2, 0.25) is 0 Å². The van der Waals surface area contributed by atoms with Crippen LogP contribution in [0.3, 0.4) is 0 Å². The van der Waals surface area contributed by atoms with Gasteiger partial charge in [-0.15, -0.1) is 0 Å². The molecule has 0 saturated carbocycles. The summed E-state index contributed by atoms with van der Waals surface area (Å²) in [5.41, 5.74) is 3.45. The molecule has 1 aromatic carbocycles. The van der Waals surface area contributed by atoms with Crippen molar-refractivity contribution in [2.24, 2.45) is 0 Å². The minimum absolute atomic E-state index is 0.0111. The minimum atomic E-state index is -3.34. The number of amides is 1. The first-order valence-electron chi connectivity index (χ1n) is 5.52. The number of halogens is 3. The number of benzene rings is 1. The molecule has 1 fully saturated rings. The van der Waals surface area contributed by atoms with E-state index in [1.165, 1.54) is 24.3 Å². The lowest BCUT2D eigenvalue weighted by molar-refractivity contribution is -0.155. The van der Waals surface area contributed by atoms with Crippen molar-refractivity contribution in [1.82, 2.24) is 5.32 Å². The molecule has 3 nitrogen and oxygen atoms in total. The summed E-state index contributed by atoms with van der Waals surface area (Å²) in [6, 6.07) is 5.58. The van der Waals surface area contributed by atoms with Crippen molar-refractivity contribution in [2.75, 3.05) is 12.4 Å². The summed E-state index contributed by atoms with van der Waals surface area (Å²) in [5, 5.41) is 2.09. The van der Waals surface area contributed by atoms with Crippen molar-refractivity contribution >= 4 is 11.6 Å². The molecule has 1 amide bonds. The van der Waals surface area contributed by atoms with Crippen LogP contribution in [-0.2, 0) is 10.3 Å². The Morgan fingerprint density at radius 3 is 2.72 bits per heavy atom. The number of carbonyl (C=O) groups excluding carboxylic acids is 1. The van der Waals surface area contributed by atoms with Gasteiger partial charge in [-0.25, -0.2) is 13.2 Å². The van der Waals surface area contributed by atoms with Crippen molar-refractivity contribution in [3.63, 3.8) is 0 Å². The van der Waals surface area contributed by atoms with E-state index in [9.17, 15) is 18.0 Å². The molecule has 0 unspecified atom stereocenters. The fourth-order valence-corrected chi connectivity index (χ4v) is 2.17. The topological polar surface area (TPSA) is 55.1 Å². The Hall–Kier alpha value is -1.72. The second-order valence-electron chi connectivity index (χ2n) is 4.42. The molecule has 1 aliphatic rings. The van der Waals surface area contributed by atoms with Crippen LogP contribution in [0.4, 0.5) is 18.9 Å². The van der Waals surface area contributed by atoms with E-state index in [1.54, 1.807) is 0 Å². The van der Waals surface area contributed by atoms with E-state index in [0.717, 1.165) is 0 Å². The SMILES string of the molecule is Nc1cccc([C@@]2(CF)NC(=O)CCC2(F)F)c1. The number of hydrogen-bond donors (Lipinski definition) is 2. The second-order valence-corrected chi connectivity index (χ2v) is 4.42. The maximum atomic E-state index is 14.0. The van der Waals surface area contributed by atoms with Gasteiger partial charge in [0.05, 0.1) is 0 Å². The van der Waals surface area contributed by atoms with Gasteiger partial charge in [0.25, 0.3) is 5.92 Å². The molecule has 1 heterocycles. The lowest BCUT2D eigenvalue weighted by Gasteiger charge is -2.42. The predicted molar refractivity (Wildman–Crippen MR) is 60.8 cm³/mol. The van der Waals surface area contributed by atoms with Gasteiger partial charge in [-0.1, -0.05) is 12.1 Å². The molecule has 1 aliphatic heterocycles. The standard InChI is InChI=1S/C12H13F3N2O/c13-7-11(8-2-1-3-9(16)6-8)12(14,15)5-4-10(18)17-11/h1-3,6H,4-5,7,16H2,(H,17,18)/t11-/m1/s1. The second kappa shape index (κ2) is 4.19. The monoisotopic (exact) mass is 258 g/mol. The Kier molecular flexibility index (Phi) is 2.96. The highest BCUT2D eigenvalue weighted by molar-refractivity contribution is 5.78. The van der Waals surface area contributed by atoms with Crippen molar-refractivity contribution in [3.05, 3.63) is 29.8 Å². The molecule has 0 spiro atoms. The van der Waals surface area contributed by atoms with E-state index in [4.69, 9.17) is 5.73 Å². The van der Waals surface area contributed by atoms with Crippen LogP contribution >= 0.6 is 0 Å². The van der Waals surface area contributed by atoms with Gasteiger partial charge in [-0.2, -0.15) is 0 Å². The Morgan fingerprint density at radius 1 is 1.39 bits per heavy atom. The molecule has 0 aliphatic carbocycles. The zero-order valence-electron chi connectivity index (χ0n) is 9.55. The molecule has 18 heavy (non-hydrogen) atoms. The molecule has 0 bridgehead atoms. The zero-order chi connectivity index (χ0) is 13.4. The van der Waals surface area contributed by atoms with E-state index >= 15 is 0 Å². The number of rotatable bonds is 2. The lowest BCUT2D eigenvalue weighted by atomic mass is 9.79. The molecule has 3 N–H and O–H groups in total. The summed E-state index contributed by atoms with van der Waals surface area (Å²) in [6.07, 6.45) is -0.978. The highest BCUT2D eigenvalue weighted by Crippen LogP contribution is 2.44. The van der Waals surface area contributed by atoms with E-state index < -0.39 is 30.5 Å². The first-order valence-corrected chi connectivity index (χ1v) is 5.52. The predicted octanol–water partition coefficient (Wildman–Crippen LogP) is 1.98. The quantitative estimate of drug-likeness (QED) is 0.797. The number of carbonyl (C=O) groups is 1. The molecule has 0 radical (unpaired) electrons. The molecule has 98 valence electrons. The molecule has 6 heteroatoms. The summed E-state index contributed by atoms with van der Waals surface area (Å²) in [5.74, 6) is -3.93. The molecule has 1 atom stereocenters. The van der Waals surface area contributed by atoms with E-state index in [0.29, 0.717) is 0 Å². The van der Waals surface area contributed by atoms with Crippen LogP contribution in [0.1, 0.15) is 18.4 Å². The Morgan fingerprint density at radius 2 is 2.11 bits per heavy atom. The largest absolute Gasteiger partial charge is 0.399 e. The summed E-state index contributed by atoms with van der Waals surface area (Å²) in [6.45, 7) is -1.38. The van der Waals surface area contributed by atoms with Crippen molar-refractivity contribution < 1.29 is 18.0 Å². The molecule has 1 aromatic rings. The van der Waals surface area contributed by atoms with Crippen LogP contribution in [0.25, 0.3) is 0 Å². The first kappa shape index (κ1) is 12.7. The average Bonchev–Trinajstić information content (AvgIpc) is 2.32. The average molecular weight is 258 g/mol. The number of hydrogen-bond acceptors (Lipinski definition) is 2. The van der Waals surface area contributed by atoms with E-state index in [-0.39, 0.29) is 17.7 Å². The Labute approximate surface area is 102 Å². The van der Waals surface area contributed by atoms with E-state index in [1.807, 2.05) is 0 Å². The van der Waals surface area contributed by atoms with Crippen LogP contribution in [0, 0.1) is 0 Å². The van der Waals surface area contributed by atoms with Gasteiger partial charge in [-0.3, -0.25) is 4.79 Å². The summed E-state index contributed by atoms with van der Waals surface area (Å²) < 4.78 is 41.3. The maximum absolute atomic E-state index is 14.0. The highest BCUT2D eigenvalue weighted by Gasteiger charge is 2.58. The van der Waals surface area contributed by atoms with Crippen LogP contribution in [0.5, 0.6) is 0 Å². The number of nitrogen functional groups attached to an aromatic ring is 1. The maximum Gasteiger partial charge on any atom is 0.277 e. The molecular weight excluding hydrogens is 245 g/mol. The number of anilines is 1. The van der Waals surface area contributed by atoms with Crippen LogP contribution in [-0.4, -0.2) is 18.5 Å². The third kappa shape index (κ3) is 1.81. The number of piperidine rings is 1. The molecular formula is C12H13F3N2O. The fraction of sp³-hybridized carbons (Fsp3) is 0.417. The van der Waals surface area contributed by atoms with Crippen molar-refractivity contribution in [3.8, 4) is 0 Å². The molecule has 2 rings (SSSR count). The van der Waals surface area contributed by atoms with Gasteiger partial charge >= 0.3 is 0 Å². The smallest absolute Gasteiger partial charge is 0.277 e. The van der Waals surface area contributed by atoms with Crippen LogP contribution < -0.4 is 11.1 Å². The minimum Gasteiger partial charge on any atom is -0.399 e. The van der Waals surface area contributed by atoms with Gasteiger partial charge in [0.1, 0.15) is 6.67 Å². The normalized spacial score (nSPS) is 26.7. The fourth-order valence-electron chi connectivity index (χ4n) is 2.17. The molecule has 0 aromatic heterocycles. The first-order chi connectivity index (χ1) is 8.41. The van der Waals surface area contributed by atoms with Crippen molar-refractivity contribution in [2.45, 2.75) is 24.3 Å². The highest BCUT2D eigenvalue weighted by atomic mass is 19.3. The summed E-state index contributed by atoms with van der Waals surface area (Å²) in [7, 11) is 0. The Balaban J connectivity index is 2.54. The summed E-state index contributed by atoms with van der Waals surface area (Å²) >= 11 is 0. The lowest BCUT2D eigenvalue weighted by Crippen LogP contribution is -2.62.